The minimum Gasteiger partial charge on any atom is -0.349 e. The molecule has 0 radical (unpaired) electrons. The Kier molecular flexibility index (Phi) is 5.46. The molecule has 5 heteroatoms. The molecule has 1 saturated carbocycles. The maximum absolute atomic E-state index is 12.6. The summed E-state index contributed by atoms with van der Waals surface area (Å²) in [7, 11) is 0. The number of para-hydroxylation sites is 1. The third-order valence-electron chi connectivity index (χ3n) is 4.56. The van der Waals surface area contributed by atoms with Crippen molar-refractivity contribution in [1.29, 1.82) is 0 Å². The van der Waals surface area contributed by atoms with Crippen LogP contribution in [0, 0.1) is 0 Å². The lowest BCUT2D eigenvalue weighted by molar-refractivity contribution is 0.0927. The molecule has 0 atom stereocenters. The van der Waals surface area contributed by atoms with Gasteiger partial charge in [-0.1, -0.05) is 30.3 Å². The Bertz CT molecular complexity index is 738. The van der Waals surface area contributed by atoms with Gasteiger partial charge in [-0.25, -0.2) is 0 Å². The maximum atomic E-state index is 12.6. The van der Waals surface area contributed by atoms with Crippen molar-refractivity contribution in [3.05, 3.63) is 65.7 Å². The van der Waals surface area contributed by atoms with Gasteiger partial charge in [-0.3, -0.25) is 9.59 Å². The Morgan fingerprint density at radius 3 is 2.20 bits per heavy atom. The summed E-state index contributed by atoms with van der Waals surface area (Å²) in [5.41, 5.74) is 7.46. The van der Waals surface area contributed by atoms with Gasteiger partial charge in [0.05, 0.1) is 11.3 Å². The Balaban J connectivity index is 1.70. The highest BCUT2D eigenvalue weighted by atomic mass is 16.2. The third-order valence-corrected chi connectivity index (χ3v) is 4.56. The van der Waals surface area contributed by atoms with E-state index in [0.717, 1.165) is 25.7 Å². The van der Waals surface area contributed by atoms with E-state index < -0.39 is 0 Å². The van der Waals surface area contributed by atoms with Gasteiger partial charge in [-0.05, 0) is 49.9 Å². The Morgan fingerprint density at radius 1 is 0.840 bits per heavy atom. The molecule has 0 spiro atoms. The van der Waals surface area contributed by atoms with E-state index in [-0.39, 0.29) is 23.9 Å². The lowest BCUT2D eigenvalue weighted by Crippen LogP contribution is -2.40. The Hall–Kier alpha value is -2.66. The fourth-order valence-electron chi connectivity index (χ4n) is 3.10. The molecule has 2 amide bonds. The van der Waals surface area contributed by atoms with E-state index in [4.69, 9.17) is 5.73 Å². The van der Waals surface area contributed by atoms with Crippen molar-refractivity contribution in [2.75, 3.05) is 5.32 Å². The lowest BCUT2D eigenvalue weighted by Gasteiger charge is -2.27. The van der Waals surface area contributed by atoms with Gasteiger partial charge < -0.3 is 16.4 Å². The predicted octanol–water partition coefficient (Wildman–Crippen LogP) is 2.94. The minimum absolute atomic E-state index is 0.144. The number of nitrogens with two attached hydrogens (primary N) is 1. The van der Waals surface area contributed by atoms with E-state index >= 15 is 0 Å². The van der Waals surface area contributed by atoms with E-state index in [2.05, 4.69) is 10.6 Å². The Morgan fingerprint density at radius 2 is 1.48 bits per heavy atom. The van der Waals surface area contributed by atoms with Crippen LogP contribution >= 0.6 is 0 Å². The van der Waals surface area contributed by atoms with Gasteiger partial charge in [0, 0.05) is 17.6 Å². The van der Waals surface area contributed by atoms with Crippen molar-refractivity contribution in [3.63, 3.8) is 0 Å². The summed E-state index contributed by atoms with van der Waals surface area (Å²) in [6.45, 7) is 0. The molecule has 1 aliphatic rings. The van der Waals surface area contributed by atoms with E-state index in [0.29, 0.717) is 16.8 Å². The molecule has 0 aliphatic heterocycles. The number of benzene rings is 2. The molecule has 0 saturated heterocycles. The molecule has 3 rings (SSSR count). The van der Waals surface area contributed by atoms with Crippen LogP contribution in [0.3, 0.4) is 0 Å². The van der Waals surface area contributed by atoms with Gasteiger partial charge in [0.15, 0.2) is 0 Å². The van der Waals surface area contributed by atoms with Gasteiger partial charge in [0.1, 0.15) is 0 Å². The van der Waals surface area contributed by atoms with Crippen molar-refractivity contribution in [3.8, 4) is 0 Å². The molecule has 0 bridgehead atoms. The third kappa shape index (κ3) is 4.45. The van der Waals surface area contributed by atoms with Crippen LogP contribution in [0.2, 0.25) is 0 Å². The summed E-state index contributed by atoms with van der Waals surface area (Å²) in [6.07, 6.45) is 3.64. The van der Waals surface area contributed by atoms with Crippen LogP contribution in [-0.2, 0) is 0 Å². The zero-order chi connectivity index (χ0) is 17.6. The summed E-state index contributed by atoms with van der Waals surface area (Å²) in [4.78, 5) is 25.0. The summed E-state index contributed by atoms with van der Waals surface area (Å²) in [6, 6.07) is 16.4. The number of hydrogen-bond acceptors (Lipinski definition) is 3. The van der Waals surface area contributed by atoms with Crippen LogP contribution in [0.5, 0.6) is 0 Å². The highest BCUT2D eigenvalue weighted by molar-refractivity contribution is 6.09. The van der Waals surface area contributed by atoms with Gasteiger partial charge in [-0.15, -0.1) is 0 Å². The number of amides is 2. The number of rotatable bonds is 4. The quantitative estimate of drug-likeness (QED) is 0.802. The second-order valence-electron chi connectivity index (χ2n) is 6.45. The molecule has 0 unspecified atom stereocenters. The number of carbonyl (C=O) groups is 2. The monoisotopic (exact) mass is 337 g/mol. The van der Waals surface area contributed by atoms with Crippen molar-refractivity contribution < 1.29 is 9.59 Å². The average Bonchev–Trinajstić information content (AvgIpc) is 2.64. The van der Waals surface area contributed by atoms with Crippen LogP contribution in [-0.4, -0.2) is 23.9 Å². The Labute approximate surface area is 147 Å². The second-order valence-corrected chi connectivity index (χ2v) is 6.45. The molecule has 25 heavy (non-hydrogen) atoms. The first-order chi connectivity index (χ1) is 12.1. The van der Waals surface area contributed by atoms with Gasteiger partial charge in [0.2, 0.25) is 0 Å². The van der Waals surface area contributed by atoms with Crippen LogP contribution in [0.4, 0.5) is 5.69 Å². The van der Waals surface area contributed by atoms with E-state index in [1.807, 2.05) is 6.07 Å². The predicted molar refractivity (Wildman–Crippen MR) is 98.5 cm³/mol. The summed E-state index contributed by atoms with van der Waals surface area (Å²) in [5, 5.41) is 5.90. The van der Waals surface area contributed by atoms with Crippen LogP contribution in [0.1, 0.15) is 46.4 Å². The van der Waals surface area contributed by atoms with Gasteiger partial charge in [0.25, 0.3) is 11.8 Å². The zero-order valence-electron chi connectivity index (χ0n) is 14.1. The first kappa shape index (κ1) is 17.2. The number of carbonyl (C=O) groups excluding carboxylic acids is 2. The smallest absolute Gasteiger partial charge is 0.255 e. The largest absolute Gasteiger partial charge is 0.349 e. The summed E-state index contributed by atoms with van der Waals surface area (Å²) < 4.78 is 0. The molecule has 130 valence electrons. The van der Waals surface area contributed by atoms with E-state index in [9.17, 15) is 9.59 Å². The van der Waals surface area contributed by atoms with Crippen molar-refractivity contribution in [2.45, 2.75) is 37.8 Å². The molecule has 2 aromatic rings. The molecule has 5 nitrogen and oxygen atoms in total. The summed E-state index contributed by atoms with van der Waals surface area (Å²) >= 11 is 0. The molecule has 4 N–H and O–H groups in total. The second kappa shape index (κ2) is 7.94. The molecule has 1 aliphatic carbocycles. The maximum Gasteiger partial charge on any atom is 0.255 e. The molecular formula is C20H23N3O2. The highest BCUT2D eigenvalue weighted by Crippen LogP contribution is 2.20. The van der Waals surface area contributed by atoms with Crippen LogP contribution < -0.4 is 16.4 Å². The molecule has 0 heterocycles. The highest BCUT2D eigenvalue weighted by Gasteiger charge is 2.22. The van der Waals surface area contributed by atoms with Crippen LogP contribution in [0.25, 0.3) is 0 Å². The average molecular weight is 337 g/mol. The number of hydrogen-bond donors (Lipinski definition) is 3. The molecule has 1 fully saturated rings. The standard InChI is InChI=1S/C20H23N3O2/c21-15-10-12-16(13-11-15)22-20(25)17-8-4-5-9-18(17)23-19(24)14-6-2-1-3-7-14/h1-9,15-16H,10-13,21H2,(H,22,25)(H,23,24). The molecular weight excluding hydrogens is 314 g/mol. The number of nitrogens with one attached hydrogen (secondary N) is 2. The van der Waals surface area contributed by atoms with E-state index in [1.54, 1.807) is 48.5 Å². The fraction of sp³-hybridized carbons (Fsp3) is 0.300. The fourth-order valence-corrected chi connectivity index (χ4v) is 3.10. The first-order valence-corrected chi connectivity index (χ1v) is 8.65. The van der Waals surface area contributed by atoms with Crippen molar-refractivity contribution in [2.24, 2.45) is 5.73 Å². The molecule has 2 aromatic carbocycles. The normalized spacial score (nSPS) is 19.9. The minimum atomic E-state index is -0.232. The zero-order valence-corrected chi connectivity index (χ0v) is 14.1. The van der Waals surface area contributed by atoms with Gasteiger partial charge in [-0.2, -0.15) is 0 Å². The first-order valence-electron chi connectivity index (χ1n) is 8.65. The number of anilines is 1. The van der Waals surface area contributed by atoms with Crippen LogP contribution in [0.15, 0.2) is 54.6 Å². The van der Waals surface area contributed by atoms with Crippen molar-refractivity contribution >= 4 is 17.5 Å². The van der Waals surface area contributed by atoms with E-state index in [1.165, 1.54) is 0 Å². The summed E-state index contributed by atoms with van der Waals surface area (Å²) in [5.74, 6) is -0.395. The SMILES string of the molecule is NC1CCC(NC(=O)c2ccccc2NC(=O)c2ccccc2)CC1. The van der Waals surface area contributed by atoms with Crippen molar-refractivity contribution in [1.82, 2.24) is 5.32 Å². The van der Waals surface area contributed by atoms with Gasteiger partial charge >= 0.3 is 0 Å². The lowest BCUT2D eigenvalue weighted by atomic mass is 9.91. The molecule has 0 aromatic heterocycles. The topological polar surface area (TPSA) is 84.2 Å².